The molecular formula is C19H15BrN2O3. The van der Waals surface area contributed by atoms with E-state index in [2.05, 4.69) is 25.9 Å². The summed E-state index contributed by atoms with van der Waals surface area (Å²) in [5.41, 5.74) is 2.90. The zero-order chi connectivity index (χ0) is 17.8. The van der Waals surface area contributed by atoms with Crippen LogP contribution in [0.1, 0.15) is 17.0 Å². The van der Waals surface area contributed by atoms with Crippen LogP contribution in [0.25, 0.3) is 22.9 Å². The molecule has 3 rings (SSSR count). The van der Waals surface area contributed by atoms with Crippen LogP contribution in [0.3, 0.4) is 0 Å². The van der Waals surface area contributed by atoms with E-state index in [9.17, 15) is 9.90 Å². The summed E-state index contributed by atoms with van der Waals surface area (Å²) in [4.78, 5) is 20.7. The Morgan fingerprint density at radius 1 is 1.12 bits per heavy atom. The van der Waals surface area contributed by atoms with E-state index in [-0.39, 0.29) is 12.2 Å². The number of rotatable bonds is 4. The van der Waals surface area contributed by atoms with Crippen molar-refractivity contribution in [3.8, 4) is 0 Å². The number of fused-ring (bicyclic) bond motifs is 1. The van der Waals surface area contributed by atoms with Crippen molar-refractivity contribution >= 4 is 44.8 Å². The summed E-state index contributed by atoms with van der Waals surface area (Å²) >= 11 is 3.36. The first-order valence-corrected chi connectivity index (χ1v) is 8.35. The van der Waals surface area contributed by atoms with Crippen molar-refractivity contribution in [1.82, 2.24) is 9.97 Å². The molecule has 0 atom stereocenters. The minimum absolute atomic E-state index is 0.0201. The van der Waals surface area contributed by atoms with Gasteiger partial charge in [0.1, 0.15) is 5.76 Å². The smallest absolute Gasteiger partial charge is 0.311 e. The molecule has 3 aromatic rings. The molecule has 1 N–H and O–H groups in total. The molecular weight excluding hydrogens is 384 g/mol. The molecule has 1 aromatic heterocycles. The number of hydrogen-bond donors (Lipinski definition) is 1. The quantitative estimate of drug-likeness (QED) is 0.527. The second kappa shape index (κ2) is 7.44. The van der Waals surface area contributed by atoms with E-state index < -0.39 is 5.97 Å². The zero-order valence-electron chi connectivity index (χ0n) is 13.4. The minimum atomic E-state index is -0.414. The molecule has 5 nitrogen and oxygen atoms in total. The third-order valence-corrected chi connectivity index (χ3v) is 4.16. The van der Waals surface area contributed by atoms with Gasteiger partial charge in [0, 0.05) is 16.1 Å². The minimum Gasteiger partial charge on any atom is -0.507 e. The number of halogens is 1. The molecule has 0 bridgehead atoms. The van der Waals surface area contributed by atoms with E-state index in [1.54, 1.807) is 12.1 Å². The van der Waals surface area contributed by atoms with E-state index >= 15 is 0 Å². The molecule has 0 unspecified atom stereocenters. The number of methoxy groups -OCH3 is 1. The summed E-state index contributed by atoms with van der Waals surface area (Å²) in [5, 5.41) is 10.4. The summed E-state index contributed by atoms with van der Waals surface area (Å²) in [6.07, 6.45) is 1.49. The summed E-state index contributed by atoms with van der Waals surface area (Å²) in [7, 11) is 1.33. The Morgan fingerprint density at radius 2 is 1.76 bits per heavy atom. The summed E-state index contributed by atoms with van der Waals surface area (Å²) in [5.74, 6) is -0.370. The third kappa shape index (κ3) is 4.03. The van der Waals surface area contributed by atoms with Gasteiger partial charge in [-0.2, -0.15) is 0 Å². The number of hydrogen-bond acceptors (Lipinski definition) is 5. The maximum Gasteiger partial charge on any atom is 0.311 e. The number of aliphatic hydroxyl groups is 1. The molecule has 1 heterocycles. The van der Waals surface area contributed by atoms with E-state index in [1.807, 2.05) is 36.4 Å². The van der Waals surface area contributed by atoms with Crippen LogP contribution < -0.4 is 0 Å². The molecule has 0 saturated heterocycles. The molecule has 2 aromatic carbocycles. The first kappa shape index (κ1) is 17.1. The van der Waals surface area contributed by atoms with Gasteiger partial charge >= 0.3 is 5.97 Å². The second-order valence-electron chi connectivity index (χ2n) is 5.33. The number of esters is 1. The average Bonchev–Trinajstić information content (AvgIpc) is 2.62. The van der Waals surface area contributed by atoms with Crippen LogP contribution in [0.4, 0.5) is 0 Å². The number of ether oxygens (including phenoxy) is 1. The lowest BCUT2D eigenvalue weighted by Crippen LogP contribution is -2.09. The Bertz CT molecular complexity index is 953. The van der Waals surface area contributed by atoms with Gasteiger partial charge in [-0.3, -0.25) is 4.79 Å². The highest BCUT2D eigenvalue weighted by atomic mass is 79.9. The average molecular weight is 399 g/mol. The van der Waals surface area contributed by atoms with Gasteiger partial charge in [-0.25, -0.2) is 9.97 Å². The fraction of sp³-hybridized carbons (Fsp3) is 0.105. The normalized spacial score (nSPS) is 11.5. The van der Waals surface area contributed by atoms with Gasteiger partial charge in [-0.15, -0.1) is 0 Å². The van der Waals surface area contributed by atoms with Gasteiger partial charge in [0.05, 0.1) is 36.0 Å². The number of carbonyl (C=O) groups is 1. The van der Waals surface area contributed by atoms with Crippen molar-refractivity contribution in [3.63, 3.8) is 0 Å². The van der Waals surface area contributed by atoms with Gasteiger partial charge in [0.25, 0.3) is 0 Å². The number of nitrogens with zero attached hydrogens (tertiary/aromatic N) is 2. The summed E-state index contributed by atoms with van der Waals surface area (Å²) in [6.45, 7) is 0. The van der Waals surface area contributed by atoms with Gasteiger partial charge in [0.2, 0.25) is 0 Å². The first-order chi connectivity index (χ1) is 12.1. The van der Waals surface area contributed by atoms with Crippen molar-refractivity contribution in [2.45, 2.75) is 6.42 Å². The topological polar surface area (TPSA) is 72.3 Å². The van der Waals surface area contributed by atoms with Crippen LogP contribution in [0.2, 0.25) is 0 Å². The third-order valence-electron chi connectivity index (χ3n) is 3.63. The van der Waals surface area contributed by atoms with E-state index in [1.165, 1.54) is 13.2 Å². The van der Waals surface area contributed by atoms with Crippen molar-refractivity contribution < 1.29 is 14.6 Å². The van der Waals surface area contributed by atoms with Crippen molar-refractivity contribution in [3.05, 3.63) is 70.0 Å². The molecule has 6 heteroatoms. The van der Waals surface area contributed by atoms with Crippen LogP contribution in [0, 0.1) is 0 Å². The first-order valence-electron chi connectivity index (χ1n) is 7.56. The highest BCUT2D eigenvalue weighted by Crippen LogP contribution is 2.21. The van der Waals surface area contributed by atoms with Gasteiger partial charge in [0.15, 0.2) is 0 Å². The molecule has 0 radical (unpaired) electrons. The Kier molecular flexibility index (Phi) is 5.09. The highest BCUT2D eigenvalue weighted by Gasteiger charge is 2.13. The Morgan fingerprint density at radius 3 is 2.40 bits per heavy atom. The Labute approximate surface area is 153 Å². The summed E-state index contributed by atoms with van der Waals surface area (Å²) in [6, 6.07) is 14.6. The zero-order valence-corrected chi connectivity index (χ0v) is 15.0. The molecule has 0 fully saturated rings. The van der Waals surface area contributed by atoms with E-state index in [0.717, 1.165) is 4.47 Å². The monoisotopic (exact) mass is 398 g/mol. The number of para-hydroxylation sites is 2. The predicted octanol–water partition coefficient (Wildman–Crippen LogP) is 4.16. The standard InChI is InChI=1S/C19H15BrN2O3/c1-25-19(24)11-17-16(21-14-4-2-3-5-15(14)22-17)10-18(23)12-6-8-13(20)9-7-12/h2-10,23H,11H2,1H3/b18-10-. The fourth-order valence-corrected chi connectivity index (χ4v) is 2.60. The SMILES string of the molecule is COC(=O)Cc1nc2ccccc2nc1/C=C(\O)c1ccc(Br)cc1. The molecule has 0 saturated carbocycles. The molecule has 126 valence electrons. The molecule has 0 amide bonds. The maximum atomic E-state index is 11.7. The van der Waals surface area contributed by atoms with Crippen molar-refractivity contribution in [1.29, 1.82) is 0 Å². The maximum absolute atomic E-state index is 11.7. The van der Waals surface area contributed by atoms with Crippen LogP contribution in [0.15, 0.2) is 53.0 Å². The fourth-order valence-electron chi connectivity index (χ4n) is 2.34. The van der Waals surface area contributed by atoms with Gasteiger partial charge < -0.3 is 9.84 Å². The lowest BCUT2D eigenvalue weighted by molar-refractivity contribution is -0.139. The predicted molar refractivity (Wildman–Crippen MR) is 99.9 cm³/mol. The van der Waals surface area contributed by atoms with E-state index in [0.29, 0.717) is 28.0 Å². The molecule has 0 spiro atoms. The summed E-state index contributed by atoms with van der Waals surface area (Å²) < 4.78 is 5.65. The van der Waals surface area contributed by atoms with Crippen LogP contribution >= 0.6 is 15.9 Å². The number of aliphatic hydroxyl groups excluding tert-OH is 1. The highest BCUT2D eigenvalue weighted by molar-refractivity contribution is 9.10. The Hall–Kier alpha value is -2.73. The van der Waals surface area contributed by atoms with Gasteiger partial charge in [-0.05, 0) is 24.3 Å². The van der Waals surface area contributed by atoms with Crippen LogP contribution in [-0.2, 0) is 16.0 Å². The Balaban J connectivity index is 2.08. The number of aromatic nitrogens is 2. The number of carbonyl (C=O) groups excluding carboxylic acids is 1. The van der Waals surface area contributed by atoms with Crippen molar-refractivity contribution in [2.75, 3.05) is 7.11 Å². The molecule has 0 aliphatic heterocycles. The van der Waals surface area contributed by atoms with Crippen LogP contribution in [0.5, 0.6) is 0 Å². The van der Waals surface area contributed by atoms with Crippen molar-refractivity contribution in [2.24, 2.45) is 0 Å². The second-order valence-corrected chi connectivity index (χ2v) is 6.25. The van der Waals surface area contributed by atoms with Crippen LogP contribution in [-0.4, -0.2) is 28.2 Å². The lowest BCUT2D eigenvalue weighted by Gasteiger charge is -2.07. The molecule has 0 aliphatic rings. The largest absolute Gasteiger partial charge is 0.507 e. The molecule has 25 heavy (non-hydrogen) atoms. The van der Waals surface area contributed by atoms with Gasteiger partial charge in [-0.1, -0.05) is 40.2 Å². The van der Waals surface area contributed by atoms with E-state index in [4.69, 9.17) is 4.74 Å². The number of benzene rings is 2. The molecule has 0 aliphatic carbocycles. The lowest BCUT2D eigenvalue weighted by atomic mass is 10.1.